The van der Waals surface area contributed by atoms with Crippen LogP contribution in [0.15, 0.2) is 35.5 Å². The maximum atomic E-state index is 12.5. The van der Waals surface area contributed by atoms with E-state index >= 15 is 0 Å². The van der Waals surface area contributed by atoms with Crippen molar-refractivity contribution in [2.45, 2.75) is 30.8 Å². The molecule has 0 saturated heterocycles. The largest absolute Gasteiger partial charge is 0.383 e. The van der Waals surface area contributed by atoms with Crippen molar-refractivity contribution in [3.63, 3.8) is 0 Å². The molecular weight excluding hydrogens is 336 g/mol. The van der Waals surface area contributed by atoms with Crippen LogP contribution in [-0.4, -0.2) is 58.6 Å². The molecular formula is C18H26N4O2S. The van der Waals surface area contributed by atoms with Crippen molar-refractivity contribution in [3.8, 4) is 11.4 Å². The monoisotopic (exact) mass is 362 g/mol. The van der Waals surface area contributed by atoms with Gasteiger partial charge in [0.2, 0.25) is 5.91 Å². The van der Waals surface area contributed by atoms with Crippen molar-refractivity contribution in [1.29, 1.82) is 0 Å². The van der Waals surface area contributed by atoms with Crippen LogP contribution in [0.2, 0.25) is 0 Å². The zero-order valence-electron chi connectivity index (χ0n) is 15.5. The number of hydrogen-bond donors (Lipinski definition) is 0. The molecule has 6 nitrogen and oxygen atoms in total. The van der Waals surface area contributed by atoms with Crippen molar-refractivity contribution < 1.29 is 9.53 Å². The highest BCUT2D eigenvalue weighted by molar-refractivity contribution is 8.00. The Kier molecular flexibility index (Phi) is 7.01. The fourth-order valence-electron chi connectivity index (χ4n) is 2.40. The van der Waals surface area contributed by atoms with E-state index in [4.69, 9.17) is 4.74 Å². The van der Waals surface area contributed by atoms with Gasteiger partial charge in [-0.2, -0.15) is 0 Å². The summed E-state index contributed by atoms with van der Waals surface area (Å²) in [4.78, 5) is 14.1. The Morgan fingerprint density at radius 1 is 1.24 bits per heavy atom. The van der Waals surface area contributed by atoms with Crippen LogP contribution in [0.5, 0.6) is 0 Å². The van der Waals surface area contributed by atoms with Crippen LogP contribution in [0.3, 0.4) is 0 Å². The van der Waals surface area contributed by atoms with Gasteiger partial charge in [0.25, 0.3) is 0 Å². The second kappa shape index (κ2) is 9.01. The Morgan fingerprint density at radius 3 is 2.48 bits per heavy atom. The van der Waals surface area contributed by atoms with Crippen molar-refractivity contribution in [2.24, 2.45) is 5.92 Å². The average Bonchev–Trinajstić information content (AvgIpc) is 3.00. The van der Waals surface area contributed by atoms with Gasteiger partial charge < -0.3 is 9.64 Å². The maximum absolute atomic E-state index is 12.5. The summed E-state index contributed by atoms with van der Waals surface area (Å²) in [5.74, 6) is 1.06. The standard InChI is InChI=1S/C18H26N4O2S/c1-13(2)15(17(23)21(3)4)25-18-20-19-16(22(18)11-12-24-5)14-9-7-6-8-10-14/h6-10,13,15H,11-12H2,1-5H3/t15-/m0/s1. The molecule has 0 unspecified atom stereocenters. The third-order valence-electron chi connectivity index (χ3n) is 3.79. The fraction of sp³-hybridized carbons (Fsp3) is 0.500. The average molecular weight is 362 g/mol. The first-order chi connectivity index (χ1) is 12.0. The quantitative estimate of drug-likeness (QED) is 0.676. The first-order valence-corrected chi connectivity index (χ1v) is 9.19. The molecule has 0 aliphatic heterocycles. The molecule has 0 aliphatic carbocycles. The lowest BCUT2D eigenvalue weighted by Crippen LogP contribution is -2.35. The number of hydrogen-bond acceptors (Lipinski definition) is 5. The number of ether oxygens (including phenoxy) is 1. The number of rotatable bonds is 8. The highest BCUT2D eigenvalue weighted by Gasteiger charge is 2.28. The van der Waals surface area contributed by atoms with Crippen LogP contribution in [0, 0.1) is 5.92 Å². The highest BCUT2D eigenvalue weighted by atomic mass is 32.2. The molecule has 0 spiro atoms. The molecule has 0 fully saturated rings. The van der Waals surface area contributed by atoms with Gasteiger partial charge in [-0.25, -0.2) is 0 Å². The van der Waals surface area contributed by atoms with Gasteiger partial charge >= 0.3 is 0 Å². The molecule has 0 N–H and O–H groups in total. The molecule has 7 heteroatoms. The minimum Gasteiger partial charge on any atom is -0.383 e. The second-order valence-electron chi connectivity index (χ2n) is 6.33. The van der Waals surface area contributed by atoms with Crippen molar-refractivity contribution in [3.05, 3.63) is 30.3 Å². The first-order valence-electron chi connectivity index (χ1n) is 8.31. The van der Waals surface area contributed by atoms with Crippen LogP contribution < -0.4 is 0 Å². The summed E-state index contributed by atoms with van der Waals surface area (Å²) >= 11 is 1.47. The van der Waals surface area contributed by atoms with E-state index in [0.717, 1.165) is 16.5 Å². The van der Waals surface area contributed by atoms with E-state index in [1.54, 1.807) is 26.1 Å². The topological polar surface area (TPSA) is 60.2 Å². The first kappa shape index (κ1) is 19.5. The fourth-order valence-corrected chi connectivity index (χ4v) is 3.60. The molecule has 0 bridgehead atoms. The predicted octanol–water partition coefficient (Wildman–Crippen LogP) is 2.80. The Hall–Kier alpha value is -1.86. The second-order valence-corrected chi connectivity index (χ2v) is 7.44. The van der Waals surface area contributed by atoms with E-state index in [1.165, 1.54) is 11.8 Å². The molecule has 1 aromatic carbocycles. The number of aromatic nitrogens is 3. The number of carbonyl (C=O) groups excluding carboxylic acids is 1. The molecule has 0 radical (unpaired) electrons. The van der Waals surface area contributed by atoms with Gasteiger partial charge in [0, 0.05) is 26.8 Å². The lowest BCUT2D eigenvalue weighted by molar-refractivity contribution is -0.128. The summed E-state index contributed by atoms with van der Waals surface area (Å²) in [5.41, 5.74) is 0.998. The Balaban J connectivity index is 2.36. The molecule has 1 amide bonds. The third-order valence-corrected chi connectivity index (χ3v) is 5.30. The van der Waals surface area contributed by atoms with E-state index in [0.29, 0.717) is 13.2 Å². The summed E-state index contributed by atoms with van der Waals surface area (Å²) in [6.45, 7) is 5.29. The Morgan fingerprint density at radius 2 is 1.92 bits per heavy atom. The van der Waals surface area contributed by atoms with E-state index in [-0.39, 0.29) is 17.1 Å². The number of methoxy groups -OCH3 is 1. The van der Waals surface area contributed by atoms with E-state index in [1.807, 2.05) is 48.7 Å². The van der Waals surface area contributed by atoms with Crippen LogP contribution >= 0.6 is 11.8 Å². The summed E-state index contributed by atoms with van der Waals surface area (Å²) in [6.07, 6.45) is 0. The third kappa shape index (κ3) is 4.83. The van der Waals surface area contributed by atoms with Crippen molar-refractivity contribution in [1.82, 2.24) is 19.7 Å². The minimum atomic E-state index is -0.205. The van der Waals surface area contributed by atoms with Gasteiger partial charge in [0.1, 0.15) is 0 Å². The summed E-state index contributed by atoms with van der Waals surface area (Å²) in [5, 5.41) is 9.26. The Bertz CT molecular complexity index is 686. The number of thioether (sulfide) groups is 1. The molecule has 2 rings (SSSR count). The Labute approximate surface area is 153 Å². The molecule has 136 valence electrons. The molecule has 2 aromatic rings. The molecule has 0 aliphatic rings. The SMILES string of the molecule is COCCn1c(S[C@H](C(=O)N(C)C)C(C)C)nnc1-c1ccccc1. The van der Waals surface area contributed by atoms with Gasteiger partial charge in [0.15, 0.2) is 11.0 Å². The van der Waals surface area contributed by atoms with Crippen molar-refractivity contribution >= 4 is 17.7 Å². The smallest absolute Gasteiger partial charge is 0.235 e. The number of carbonyl (C=O) groups is 1. The highest BCUT2D eigenvalue weighted by Crippen LogP contribution is 2.30. The maximum Gasteiger partial charge on any atom is 0.235 e. The summed E-state index contributed by atoms with van der Waals surface area (Å²) in [7, 11) is 5.23. The number of amides is 1. The molecule has 25 heavy (non-hydrogen) atoms. The predicted molar refractivity (Wildman–Crippen MR) is 101 cm³/mol. The van der Waals surface area contributed by atoms with E-state index in [2.05, 4.69) is 10.2 Å². The zero-order chi connectivity index (χ0) is 18.4. The van der Waals surface area contributed by atoms with Crippen LogP contribution in [-0.2, 0) is 16.1 Å². The van der Waals surface area contributed by atoms with Gasteiger partial charge in [-0.15, -0.1) is 10.2 Å². The number of benzene rings is 1. The summed E-state index contributed by atoms with van der Waals surface area (Å²) < 4.78 is 7.27. The van der Waals surface area contributed by atoms with Crippen LogP contribution in [0.1, 0.15) is 13.8 Å². The van der Waals surface area contributed by atoms with Gasteiger partial charge in [-0.3, -0.25) is 9.36 Å². The van der Waals surface area contributed by atoms with Gasteiger partial charge in [-0.05, 0) is 5.92 Å². The zero-order valence-corrected chi connectivity index (χ0v) is 16.3. The number of nitrogens with zero attached hydrogens (tertiary/aromatic N) is 4. The molecule has 1 aromatic heterocycles. The van der Waals surface area contributed by atoms with Crippen LogP contribution in [0.25, 0.3) is 11.4 Å². The van der Waals surface area contributed by atoms with Gasteiger partial charge in [-0.1, -0.05) is 55.9 Å². The van der Waals surface area contributed by atoms with Gasteiger partial charge in [0.05, 0.1) is 18.4 Å². The molecule has 1 atom stereocenters. The molecule has 0 saturated carbocycles. The van der Waals surface area contributed by atoms with Crippen LogP contribution in [0.4, 0.5) is 0 Å². The molecule has 1 heterocycles. The lowest BCUT2D eigenvalue weighted by atomic mass is 10.1. The van der Waals surface area contributed by atoms with Crippen molar-refractivity contribution in [2.75, 3.05) is 27.8 Å². The van der Waals surface area contributed by atoms with E-state index in [9.17, 15) is 4.79 Å². The lowest BCUT2D eigenvalue weighted by Gasteiger charge is -2.23. The minimum absolute atomic E-state index is 0.0857. The van der Waals surface area contributed by atoms with E-state index < -0.39 is 0 Å². The summed E-state index contributed by atoms with van der Waals surface area (Å²) in [6, 6.07) is 9.94. The normalized spacial score (nSPS) is 12.4.